The first-order chi connectivity index (χ1) is 14.2. The summed E-state index contributed by atoms with van der Waals surface area (Å²) in [4.78, 5) is 39.1. The molecule has 8 nitrogen and oxygen atoms in total. The molecule has 2 N–H and O–H groups in total. The SMILES string of the molecule is COc1cc(/C=C2/C(=O)NC(=O)N(c3c(C)cc(C)cc3C)C2=O)cc(OC)c1O. The average molecular weight is 410 g/mol. The Bertz CT molecular complexity index is 1050. The van der Waals surface area contributed by atoms with E-state index in [1.165, 1.54) is 32.4 Å². The van der Waals surface area contributed by atoms with Crippen LogP contribution in [0.4, 0.5) is 10.5 Å². The van der Waals surface area contributed by atoms with Gasteiger partial charge in [-0.15, -0.1) is 0 Å². The van der Waals surface area contributed by atoms with E-state index >= 15 is 0 Å². The van der Waals surface area contributed by atoms with Crippen LogP contribution >= 0.6 is 0 Å². The largest absolute Gasteiger partial charge is 0.502 e. The number of amides is 4. The third-order valence-electron chi connectivity index (χ3n) is 4.77. The van der Waals surface area contributed by atoms with E-state index in [9.17, 15) is 19.5 Å². The highest BCUT2D eigenvalue weighted by atomic mass is 16.5. The maximum absolute atomic E-state index is 13.2. The fraction of sp³-hybridized carbons (Fsp3) is 0.227. The maximum atomic E-state index is 13.2. The molecule has 0 bridgehead atoms. The number of nitrogens with one attached hydrogen (secondary N) is 1. The molecule has 0 atom stereocenters. The maximum Gasteiger partial charge on any atom is 0.335 e. The number of nitrogens with zero attached hydrogens (tertiary/aromatic N) is 1. The number of ether oxygens (including phenoxy) is 2. The highest BCUT2D eigenvalue weighted by molar-refractivity contribution is 6.39. The van der Waals surface area contributed by atoms with Gasteiger partial charge in [0.2, 0.25) is 5.75 Å². The second kappa shape index (κ2) is 7.90. The predicted octanol–water partition coefficient (Wildman–Crippen LogP) is 3.00. The minimum atomic E-state index is -0.810. The summed E-state index contributed by atoms with van der Waals surface area (Å²) < 4.78 is 10.2. The van der Waals surface area contributed by atoms with Crippen LogP contribution in [0.15, 0.2) is 29.8 Å². The van der Waals surface area contributed by atoms with Crippen molar-refractivity contribution >= 4 is 29.6 Å². The topological polar surface area (TPSA) is 105 Å². The number of phenols is 1. The highest BCUT2D eigenvalue weighted by Gasteiger charge is 2.38. The van der Waals surface area contributed by atoms with Gasteiger partial charge in [0.05, 0.1) is 19.9 Å². The Morgan fingerprint density at radius 3 is 1.97 bits per heavy atom. The third kappa shape index (κ3) is 3.59. The number of phenolic OH excluding ortho intramolecular Hbond substituents is 1. The van der Waals surface area contributed by atoms with Crippen molar-refractivity contribution in [3.8, 4) is 17.2 Å². The number of barbiturate groups is 1. The molecule has 30 heavy (non-hydrogen) atoms. The Kier molecular flexibility index (Phi) is 5.51. The van der Waals surface area contributed by atoms with Gasteiger partial charge in [0.1, 0.15) is 5.57 Å². The fourth-order valence-electron chi connectivity index (χ4n) is 3.55. The van der Waals surface area contributed by atoms with Crippen LogP contribution in [0, 0.1) is 20.8 Å². The van der Waals surface area contributed by atoms with Crippen LogP contribution < -0.4 is 19.7 Å². The number of carbonyl (C=O) groups excluding carboxylic acids is 3. The Balaban J connectivity index is 2.12. The van der Waals surface area contributed by atoms with Crippen molar-refractivity contribution in [3.63, 3.8) is 0 Å². The van der Waals surface area contributed by atoms with Gasteiger partial charge in [0.25, 0.3) is 11.8 Å². The van der Waals surface area contributed by atoms with Crippen molar-refractivity contribution in [2.75, 3.05) is 19.1 Å². The summed E-state index contributed by atoms with van der Waals surface area (Å²) in [5.41, 5.74) is 3.04. The van der Waals surface area contributed by atoms with Gasteiger partial charge in [-0.25, -0.2) is 9.69 Å². The molecule has 1 saturated heterocycles. The van der Waals surface area contributed by atoms with Gasteiger partial charge in [-0.1, -0.05) is 17.7 Å². The highest BCUT2D eigenvalue weighted by Crippen LogP contribution is 2.38. The molecule has 0 unspecified atom stereocenters. The lowest BCUT2D eigenvalue weighted by atomic mass is 10.0. The van der Waals surface area contributed by atoms with E-state index in [1.54, 1.807) is 13.8 Å². The van der Waals surface area contributed by atoms with Crippen molar-refractivity contribution in [2.24, 2.45) is 0 Å². The van der Waals surface area contributed by atoms with Crippen LogP contribution in [-0.2, 0) is 9.59 Å². The van der Waals surface area contributed by atoms with E-state index in [4.69, 9.17) is 9.47 Å². The Morgan fingerprint density at radius 2 is 1.47 bits per heavy atom. The molecule has 1 aliphatic heterocycles. The summed E-state index contributed by atoms with van der Waals surface area (Å²) in [7, 11) is 2.74. The van der Waals surface area contributed by atoms with Crippen molar-refractivity contribution in [1.29, 1.82) is 0 Å². The van der Waals surface area contributed by atoms with Gasteiger partial charge in [0, 0.05) is 0 Å². The molecule has 3 rings (SSSR count). The summed E-state index contributed by atoms with van der Waals surface area (Å²) in [5.74, 6) is -1.53. The zero-order valence-electron chi connectivity index (χ0n) is 17.3. The lowest BCUT2D eigenvalue weighted by molar-refractivity contribution is -0.122. The first-order valence-corrected chi connectivity index (χ1v) is 9.12. The average Bonchev–Trinajstić information content (AvgIpc) is 2.67. The second-order valence-corrected chi connectivity index (χ2v) is 6.98. The number of anilines is 1. The molecule has 0 aromatic heterocycles. The van der Waals surface area contributed by atoms with Crippen molar-refractivity contribution in [3.05, 3.63) is 52.1 Å². The van der Waals surface area contributed by atoms with E-state index in [0.717, 1.165) is 21.6 Å². The minimum absolute atomic E-state index is 0.114. The van der Waals surface area contributed by atoms with Crippen molar-refractivity contribution < 1.29 is 29.0 Å². The van der Waals surface area contributed by atoms with Gasteiger partial charge in [-0.2, -0.15) is 0 Å². The zero-order valence-corrected chi connectivity index (χ0v) is 17.3. The van der Waals surface area contributed by atoms with E-state index < -0.39 is 17.8 Å². The fourth-order valence-corrected chi connectivity index (χ4v) is 3.55. The van der Waals surface area contributed by atoms with Crippen LogP contribution in [-0.4, -0.2) is 37.2 Å². The van der Waals surface area contributed by atoms with E-state index in [0.29, 0.717) is 11.3 Å². The number of methoxy groups -OCH3 is 2. The molecule has 1 aliphatic rings. The molecular formula is C22H22N2O6. The summed E-state index contributed by atoms with van der Waals surface area (Å²) in [6.07, 6.45) is 1.32. The number of carbonyl (C=O) groups is 3. The molecule has 1 fully saturated rings. The Hall–Kier alpha value is -3.81. The van der Waals surface area contributed by atoms with Gasteiger partial charge in [0.15, 0.2) is 11.5 Å². The molecule has 1 heterocycles. The molecule has 8 heteroatoms. The number of hydrogen-bond donors (Lipinski definition) is 2. The number of urea groups is 1. The molecule has 0 spiro atoms. The first-order valence-electron chi connectivity index (χ1n) is 9.12. The number of rotatable bonds is 4. The summed E-state index contributed by atoms with van der Waals surface area (Å²) in [6.45, 7) is 5.51. The predicted molar refractivity (Wildman–Crippen MR) is 111 cm³/mol. The number of benzene rings is 2. The molecule has 2 aromatic carbocycles. The Morgan fingerprint density at radius 1 is 0.933 bits per heavy atom. The lowest BCUT2D eigenvalue weighted by Gasteiger charge is -2.29. The molecule has 156 valence electrons. The smallest absolute Gasteiger partial charge is 0.335 e. The molecule has 0 radical (unpaired) electrons. The summed E-state index contributed by atoms with van der Waals surface area (Å²) in [6, 6.07) is 5.82. The first kappa shape index (κ1) is 20.9. The van der Waals surface area contributed by atoms with Gasteiger partial charge in [-0.05, 0) is 55.7 Å². The van der Waals surface area contributed by atoms with Crippen LogP contribution in [0.25, 0.3) is 6.08 Å². The van der Waals surface area contributed by atoms with E-state index in [2.05, 4.69) is 5.32 Å². The quantitative estimate of drug-likeness (QED) is 0.593. The Labute approximate surface area is 173 Å². The van der Waals surface area contributed by atoms with E-state index in [-0.39, 0.29) is 22.8 Å². The van der Waals surface area contributed by atoms with E-state index in [1.807, 2.05) is 19.1 Å². The van der Waals surface area contributed by atoms with Crippen molar-refractivity contribution in [2.45, 2.75) is 20.8 Å². The van der Waals surface area contributed by atoms with Crippen LogP contribution in [0.2, 0.25) is 0 Å². The number of imide groups is 2. The summed E-state index contributed by atoms with van der Waals surface area (Å²) in [5, 5.41) is 12.3. The van der Waals surface area contributed by atoms with Gasteiger partial charge < -0.3 is 14.6 Å². The standard InChI is InChI=1S/C22H22N2O6/c1-11-6-12(2)18(13(3)7-11)24-21(27)15(20(26)23-22(24)28)8-14-9-16(29-4)19(25)17(10-14)30-5/h6-10,25H,1-5H3,(H,23,26,28)/b15-8-. The normalized spacial score (nSPS) is 15.4. The molecule has 4 amide bonds. The zero-order chi connectivity index (χ0) is 22.2. The third-order valence-corrected chi connectivity index (χ3v) is 4.77. The second-order valence-electron chi connectivity index (χ2n) is 6.98. The summed E-state index contributed by atoms with van der Waals surface area (Å²) >= 11 is 0. The number of aromatic hydroxyl groups is 1. The molecule has 0 saturated carbocycles. The lowest BCUT2D eigenvalue weighted by Crippen LogP contribution is -2.54. The van der Waals surface area contributed by atoms with Crippen LogP contribution in [0.5, 0.6) is 17.2 Å². The number of aryl methyl sites for hydroxylation is 3. The molecule has 2 aromatic rings. The van der Waals surface area contributed by atoms with Crippen molar-refractivity contribution in [1.82, 2.24) is 5.32 Å². The van der Waals surface area contributed by atoms with Crippen LogP contribution in [0.1, 0.15) is 22.3 Å². The molecule has 0 aliphatic carbocycles. The van der Waals surface area contributed by atoms with Gasteiger partial charge in [-0.3, -0.25) is 14.9 Å². The minimum Gasteiger partial charge on any atom is -0.502 e. The number of hydrogen-bond acceptors (Lipinski definition) is 6. The molecular weight excluding hydrogens is 388 g/mol. The monoisotopic (exact) mass is 410 g/mol. The van der Waals surface area contributed by atoms with Gasteiger partial charge >= 0.3 is 6.03 Å². The van der Waals surface area contributed by atoms with Crippen LogP contribution in [0.3, 0.4) is 0 Å².